The predicted octanol–water partition coefficient (Wildman–Crippen LogP) is 3.77. The predicted molar refractivity (Wildman–Crippen MR) is 215 cm³/mol. The lowest BCUT2D eigenvalue weighted by Gasteiger charge is -2.15. The number of aromatic hydroxyl groups is 1. The number of sulfone groups is 2. The molecule has 0 aliphatic rings. The number of azo groups is 2. The number of anilines is 1. The van der Waals surface area contributed by atoms with E-state index in [1.54, 1.807) is 0 Å². The fourth-order valence-electron chi connectivity index (χ4n) is 4.97. The molecule has 4 rings (SSSR count). The van der Waals surface area contributed by atoms with E-state index >= 15 is 0 Å². The second-order valence-corrected chi connectivity index (χ2v) is 22.0. The summed E-state index contributed by atoms with van der Waals surface area (Å²) in [5.41, 5.74) is -1.03. The van der Waals surface area contributed by atoms with Crippen LogP contribution in [0.2, 0.25) is 0 Å². The average Bonchev–Trinajstić information content (AvgIpc) is 3.17. The highest BCUT2D eigenvalue weighted by Gasteiger charge is 2.23. The largest absolute Gasteiger partial charge is 0.505 e. The SMILES string of the molecule is COS(=O)(=O)CNc1ccc2c(O)c(N=Nc3ccc(S(=O)(=O)CCCOS(=O)(=O)O)cc3)c(CS(=O)(=O)O)cc2c1N=Nc1ccc(S(=O)(=O)CCOS(=O)(=O)OC)cc1. The molecular formula is C31H35N5O19S6. The number of fused-ring (bicyclic) bond motifs is 1. The summed E-state index contributed by atoms with van der Waals surface area (Å²) in [4.78, 5) is -0.445. The van der Waals surface area contributed by atoms with Crippen LogP contribution in [0.1, 0.15) is 12.0 Å². The van der Waals surface area contributed by atoms with Gasteiger partial charge in [-0.1, -0.05) is 0 Å². The molecule has 4 aromatic rings. The summed E-state index contributed by atoms with van der Waals surface area (Å²) in [6.07, 6.45) is -0.279. The molecule has 4 N–H and O–H groups in total. The van der Waals surface area contributed by atoms with Crippen molar-refractivity contribution in [2.75, 3.05) is 50.1 Å². The van der Waals surface area contributed by atoms with Gasteiger partial charge in [0.25, 0.3) is 20.2 Å². The molecule has 0 heterocycles. The molecule has 0 saturated heterocycles. The average molecular weight is 974 g/mol. The van der Waals surface area contributed by atoms with Crippen molar-refractivity contribution in [2.45, 2.75) is 22.0 Å². The maximum atomic E-state index is 12.7. The first-order valence-electron chi connectivity index (χ1n) is 16.6. The molecule has 0 aromatic heterocycles. The van der Waals surface area contributed by atoms with Gasteiger partial charge < -0.3 is 10.4 Å². The van der Waals surface area contributed by atoms with E-state index < -0.39 is 108 Å². The van der Waals surface area contributed by atoms with Crippen molar-refractivity contribution in [3.63, 3.8) is 0 Å². The van der Waals surface area contributed by atoms with Crippen LogP contribution in [0.25, 0.3) is 10.8 Å². The topological polar surface area (TPSA) is 364 Å². The van der Waals surface area contributed by atoms with E-state index in [1.807, 2.05) is 0 Å². The molecular weight excluding hydrogens is 939 g/mol. The van der Waals surface area contributed by atoms with Gasteiger partial charge in [0.1, 0.15) is 23.0 Å². The van der Waals surface area contributed by atoms with Gasteiger partial charge >= 0.3 is 20.8 Å². The standard InChI is InChI=1S/C31H35N5O19S6/c1-52-59(45,46)20-32-28-13-12-26-27(30(28)36-34-23-6-10-25(11-7-23)57(40,41)17-15-55-61(50,51)53-2)18-21(19-58(42,43)44)29(31(26)37)35-33-22-4-8-24(9-5-22)56(38,39)16-3-14-54-60(47,48)49/h4-13,18,32,37H,3,14-17,19-20H2,1-2H3,(H,42,43,44)(H,47,48,49). The Bertz CT molecular complexity index is 3000. The smallest absolute Gasteiger partial charge is 0.399 e. The van der Waals surface area contributed by atoms with Gasteiger partial charge in [-0.25, -0.2) is 25.2 Å². The molecule has 0 spiro atoms. The van der Waals surface area contributed by atoms with E-state index in [0.717, 1.165) is 44.6 Å². The van der Waals surface area contributed by atoms with Crippen LogP contribution in [-0.2, 0) is 83.2 Å². The Balaban J connectivity index is 1.74. The lowest BCUT2D eigenvalue weighted by molar-refractivity contribution is 0.255. The first-order chi connectivity index (χ1) is 28.2. The number of hydrogen-bond donors (Lipinski definition) is 4. The minimum absolute atomic E-state index is 0.00513. The van der Waals surface area contributed by atoms with Gasteiger partial charge in [-0.2, -0.15) is 43.9 Å². The summed E-state index contributed by atoms with van der Waals surface area (Å²) >= 11 is 0. The van der Waals surface area contributed by atoms with Crippen molar-refractivity contribution in [1.29, 1.82) is 0 Å². The van der Waals surface area contributed by atoms with E-state index in [1.165, 1.54) is 36.4 Å². The second kappa shape index (κ2) is 19.6. The summed E-state index contributed by atoms with van der Waals surface area (Å²) in [5, 5.41) is 30.1. The summed E-state index contributed by atoms with van der Waals surface area (Å²) in [6.45, 7) is -1.34. The van der Waals surface area contributed by atoms with Crippen molar-refractivity contribution in [3.05, 3.63) is 72.3 Å². The molecule has 0 saturated carbocycles. The van der Waals surface area contributed by atoms with Crippen LogP contribution in [0, 0.1) is 0 Å². The van der Waals surface area contributed by atoms with E-state index in [0.29, 0.717) is 0 Å². The fourth-order valence-corrected chi connectivity index (χ4v) is 9.23. The normalized spacial score (nSPS) is 13.4. The van der Waals surface area contributed by atoms with E-state index in [2.05, 4.69) is 42.5 Å². The van der Waals surface area contributed by atoms with Crippen molar-refractivity contribution < 1.29 is 81.5 Å². The van der Waals surface area contributed by atoms with Gasteiger partial charge in [0.15, 0.2) is 25.4 Å². The Morgan fingerprint density at radius 1 is 0.607 bits per heavy atom. The minimum Gasteiger partial charge on any atom is -0.505 e. The Labute approximate surface area is 350 Å². The maximum absolute atomic E-state index is 12.7. The first kappa shape index (κ1) is 49.1. The molecule has 334 valence electrons. The van der Waals surface area contributed by atoms with Crippen molar-refractivity contribution >= 4 is 99.9 Å². The summed E-state index contributed by atoms with van der Waals surface area (Å²) in [7, 11) is -24.4. The monoisotopic (exact) mass is 973 g/mol. The molecule has 0 aliphatic carbocycles. The number of phenols is 1. The fraction of sp³-hybridized carbons (Fsp3) is 0.290. The van der Waals surface area contributed by atoms with Crippen LogP contribution in [0.4, 0.5) is 28.4 Å². The number of benzene rings is 4. The van der Waals surface area contributed by atoms with Crippen LogP contribution < -0.4 is 5.32 Å². The van der Waals surface area contributed by atoms with Gasteiger partial charge in [-0.15, -0.1) is 10.2 Å². The maximum Gasteiger partial charge on any atom is 0.399 e. The zero-order valence-electron chi connectivity index (χ0n) is 31.4. The van der Waals surface area contributed by atoms with Gasteiger partial charge in [-0.3, -0.25) is 17.5 Å². The second-order valence-electron chi connectivity index (χ2n) is 12.1. The van der Waals surface area contributed by atoms with Gasteiger partial charge in [0.05, 0.1) is 65.8 Å². The van der Waals surface area contributed by atoms with Crippen molar-refractivity contribution in [1.82, 2.24) is 0 Å². The molecule has 4 aromatic carbocycles. The van der Waals surface area contributed by atoms with Gasteiger partial charge in [0.2, 0.25) is 0 Å². The number of nitrogens with zero attached hydrogens (tertiary/aromatic N) is 4. The summed E-state index contributed by atoms with van der Waals surface area (Å²) < 4.78 is 179. The van der Waals surface area contributed by atoms with E-state index in [9.17, 15) is 60.2 Å². The molecule has 0 amide bonds. The lowest BCUT2D eigenvalue weighted by Crippen LogP contribution is -2.16. The van der Waals surface area contributed by atoms with E-state index in [4.69, 9.17) is 4.55 Å². The van der Waals surface area contributed by atoms with Crippen LogP contribution in [0.15, 0.2) is 97.0 Å². The van der Waals surface area contributed by atoms with Crippen LogP contribution in [-0.4, -0.2) is 110 Å². The molecule has 61 heavy (non-hydrogen) atoms. The molecule has 0 aliphatic heterocycles. The highest BCUT2D eigenvalue weighted by atomic mass is 32.3. The zero-order valence-corrected chi connectivity index (χ0v) is 36.3. The minimum atomic E-state index is -4.84. The molecule has 0 radical (unpaired) electrons. The Morgan fingerprint density at radius 3 is 1.66 bits per heavy atom. The molecule has 0 atom stereocenters. The Kier molecular flexibility index (Phi) is 15.8. The van der Waals surface area contributed by atoms with Gasteiger partial charge in [0, 0.05) is 16.3 Å². The lowest BCUT2D eigenvalue weighted by atomic mass is 10.0. The zero-order chi connectivity index (χ0) is 45.4. The third kappa shape index (κ3) is 14.5. The molecule has 30 heteroatoms. The third-order valence-corrected chi connectivity index (χ3v) is 14.4. The quantitative estimate of drug-likeness (QED) is 0.0377. The summed E-state index contributed by atoms with van der Waals surface area (Å²) in [6, 6.07) is 13.1. The first-order valence-corrected chi connectivity index (χ1v) is 25.8. The number of rotatable bonds is 22. The number of phenolic OH excluding ortho intramolecular Hbond substituents is 1. The highest BCUT2D eigenvalue weighted by Crippen LogP contribution is 2.45. The van der Waals surface area contributed by atoms with Crippen molar-refractivity contribution in [3.8, 4) is 5.75 Å². The molecule has 0 bridgehead atoms. The van der Waals surface area contributed by atoms with E-state index in [-0.39, 0.29) is 55.3 Å². The summed E-state index contributed by atoms with van der Waals surface area (Å²) in [5.74, 6) is -3.93. The highest BCUT2D eigenvalue weighted by molar-refractivity contribution is 7.91. The molecule has 0 unspecified atom stereocenters. The van der Waals surface area contributed by atoms with Crippen LogP contribution in [0.3, 0.4) is 0 Å². The van der Waals surface area contributed by atoms with Gasteiger partial charge in [-0.05, 0) is 73.2 Å². The third-order valence-electron chi connectivity index (χ3n) is 7.85. The number of nitrogens with one attached hydrogen (secondary N) is 1. The number of hydrogen-bond acceptors (Lipinski definition) is 22. The Morgan fingerprint density at radius 2 is 1.15 bits per heavy atom. The van der Waals surface area contributed by atoms with Crippen LogP contribution >= 0.6 is 0 Å². The molecule has 24 nitrogen and oxygen atoms in total. The molecule has 0 fully saturated rings. The van der Waals surface area contributed by atoms with Crippen molar-refractivity contribution in [2.24, 2.45) is 20.5 Å². The Hall–Kier alpha value is -4.60. The van der Waals surface area contributed by atoms with Crippen LogP contribution in [0.5, 0.6) is 5.75 Å².